The Balaban J connectivity index is 2.80. The predicted octanol–water partition coefficient (Wildman–Crippen LogP) is 2.44. The molecular weight excluding hydrogens is 237 g/mol. The Morgan fingerprint density at radius 1 is 1.33 bits per heavy atom. The SMILES string of the molecule is COC(=O)C(C)C(C)Nc1cc(OC)ccc1F. The highest BCUT2D eigenvalue weighted by Gasteiger charge is 2.21. The lowest BCUT2D eigenvalue weighted by Crippen LogP contribution is -2.31. The average Bonchev–Trinajstić information content (AvgIpc) is 2.39. The fraction of sp³-hybridized carbons (Fsp3) is 0.462. The molecule has 1 rings (SSSR count). The van der Waals surface area contributed by atoms with Crippen molar-refractivity contribution in [3.63, 3.8) is 0 Å². The van der Waals surface area contributed by atoms with E-state index in [1.807, 2.05) is 0 Å². The van der Waals surface area contributed by atoms with E-state index < -0.39 is 0 Å². The Bertz CT molecular complexity index is 423. The molecule has 0 heterocycles. The van der Waals surface area contributed by atoms with Gasteiger partial charge in [0.1, 0.15) is 11.6 Å². The molecule has 0 aliphatic carbocycles. The number of esters is 1. The quantitative estimate of drug-likeness (QED) is 0.821. The van der Waals surface area contributed by atoms with Crippen molar-refractivity contribution in [3.8, 4) is 5.75 Å². The first-order valence-corrected chi connectivity index (χ1v) is 5.67. The van der Waals surface area contributed by atoms with E-state index >= 15 is 0 Å². The third-order valence-electron chi connectivity index (χ3n) is 2.88. The van der Waals surface area contributed by atoms with Crippen LogP contribution in [0.25, 0.3) is 0 Å². The number of carbonyl (C=O) groups excluding carboxylic acids is 1. The van der Waals surface area contributed by atoms with Crippen LogP contribution >= 0.6 is 0 Å². The van der Waals surface area contributed by atoms with Gasteiger partial charge in [-0.25, -0.2) is 4.39 Å². The van der Waals surface area contributed by atoms with Gasteiger partial charge in [0.2, 0.25) is 0 Å². The lowest BCUT2D eigenvalue weighted by molar-refractivity contribution is -0.145. The van der Waals surface area contributed by atoms with E-state index in [1.165, 1.54) is 26.4 Å². The Kier molecular flexibility index (Phi) is 4.95. The van der Waals surface area contributed by atoms with Crippen molar-refractivity contribution in [2.24, 2.45) is 5.92 Å². The zero-order valence-electron chi connectivity index (χ0n) is 11.0. The van der Waals surface area contributed by atoms with Crippen LogP contribution in [0.1, 0.15) is 13.8 Å². The van der Waals surface area contributed by atoms with Crippen molar-refractivity contribution in [2.75, 3.05) is 19.5 Å². The smallest absolute Gasteiger partial charge is 0.310 e. The van der Waals surface area contributed by atoms with E-state index in [0.29, 0.717) is 11.4 Å². The van der Waals surface area contributed by atoms with E-state index in [1.54, 1.807) is 19.9 Å². The standard InChI is InChI=1S/C13H18FNO3/c1-8(13(16)18-4)9(2)15-12-7-10(17-3)5-6-11(12)14/h5-9,15H,1-4H3. The zero-order valence-corrected chi connectivity index (χ0v) is 11.0. The lowest BCUT2D eigenvalue weighted by atomic mass is 10.0. The molecule has 18 heavy (non-hydrogen) atoms. The van der Waals surface area contributed by atoms with E-state index in [9.17, 15) is 9.18 Å². The number of carbonyl (C=O) groups is 1. The topological polar surface area (TPSA) is 47.6 Å². The first-order chi connectivity index (χ1) is 8.49. The number of benzene rings is 1. The van der Waals surface area contributed by atoms with Gasteiger partial charge in [-0.3, -0.25) is 4.79 Å². The molecule has 0 spiro atoms. The molecule has 0 radical (unpaired) electrons. The molecule has 1 aromatic rings. The van der Waals surface area contributed by atoms with Gasteiger partial charge in [-0.05, 0) is 26.0 Å². The summed E-state index contributed by atoms with van der Waals surface area (Å²) in [5, 5.41) is 2.94. The fourth-order valence-corrected chi connectivity index (χ4v) is 1.50. The molecule has 0 aliphatic rings. The first-order valence-electron chi connectivity index (χ1n) is 5.67. The first kappa shape index (κ1) is 14.3. The molecule has 1 N–H and O–H groups in total. The molecule has 0 saturated carbocycles. The van der Waals surface area contributed by atoms with Crippen molar-refractivity contribution in [1.82, 2.24) is 0 Å². The second-order valence-corrected chi connectivity index (χ2v) is 4.09. The van der Waals surface area contributed by atoms with Gasteiger partial charge in [0.15, 0.2) is 0 Å². The maximum absolute atomic E-state index is 13.6. The summed E-state index contributed by atoms with van der Waals surface area (Å²) in [6.07, 6.45) is 0. The number of rotatable bonds is 5. The van der Waals surface area contributed by atoms with Gasteiger partial charge in [-0.15, -0.1) is 0 Å². The van der Waals surface area contributed by atoms with Crippen LogP contribution in [0.15, 0.2) is 18.2 Å². The molecule has 0 saturated heterocycles. The maximum atomic E-state index is 13.6. The highest BCUT2D eigenvalue weighted by molar-refractivity contribution is 5.73. The van der Waals surface area contributed by atoms with Crippen molar-refractivity contribution >= 4 is 11.7 Å². The second kappa shape index (κ2) is 6.23. The van der Waals surface area contributed by atoms with Crippen LogP contribution < -0.4 is 10.1 Å². The van der Waals surface area contributed by atoms with E-state index in [0.717, 1.165) is 0 Å². The second-order valence-electron chi connectivity index (χ2n) is 4.09. The third kappa shape index (κ3) is 3.35. The largest absolute Gasteiger partial charge is 0.497 e. The minimum atomic E-state index is -0.389. The molecule has 0 bridgehead atoms. The molecule has 2 atom stereocenters. The van der Waals surface area contributed by atoms with Crippen molar-refractivity contribution in [1.29, 1.82) is 0 Å². The van der Waals surface area contributed by atoms with Crippen LogP contribution in [0, 0.1) is 11.7 Å². The van der Waals surface area contributed by atoms with Crippen molar-refractivity contribution in [3.05, 3.63) is 24.0 Å². The summed E-state index contributed by atoms with van der Waals surface area (Å²) in [5.74, 6) is -0.546. The lowest BCUT2D eigenvalue weighted by Gasteiger charge is -2.21. The number of halogens is 1. The van der Waals surface area contributed by atoms with Gasteiger partial charge < -0.3 is 14.8 Å². The maximum Gasteiger partial charge on any atom is 0.310 e. The van der Waals surface area contributed by atoms with Crippen molar-refractivity contribution < 1.29 is 18.7 Å². The molecule has 0 fully saturated rings. The number of ether oxygens (including phenoxy) is 2. The zero-order chi connectivity index (χ0) is 13.7. The van der Waals surface area contributed by atoms with Gasteiger partial charge in [0.05, 0.1) is 25.8 Å². The van der Waals surface area contributed by atoms with Gasteiger partial charge in [0, 0.05) is 12.1 Å². The number of methoxy groups -OCH3 is 2. The number of anilines is 1. The van der Waals surface area contributed by atoms with Gasteiger partial charge >= 0.3 is 5.97 Å². The molecule has 0 amide bonds. The Morgan fingerprint density at radius 2 is 2.00 bits per heavy atom. The monoisotopic (exact) mass is 255 g/mol. The minimum Gasteiger partial charge on any atom is -0.497 e. The molecule has 2 unspecified atom stereocenters. The third-order valence-corrected chi connectivity index (χ3v) is 2.88. The summed E-state index contributed by atoms with van der Waals surface area (Å²) < 4.78 is 23.2. The Labute approximate surface area is 106 Å². The Hall–Kier alpha value is -1.78. The fourth-order valence-electron chi connectivity index (χ4n) is 1.50. The van der Waals surface area contributed by atoms with Gasteiger partial charge in [0.25, 0.3) is 0 Å². The summed E-state index contributed by atoms with van der Waals surface area (Å²) in [5.41, 5.74) is 0.303. The van der Waals surface area contributed by atoms with E-state index in [-0.39, 0.29) is 23.7 Å². The van der Waals surface area contributed by atoms with Gasteiger partial charge in [-0.1, -0.05) is 0 Å². The molecule has 1 aromatic carbocycles. The van der Waals surface area contributed by atoms with Crippen LogP contribution in [0.2, 0.25) is 0 Å². The van der Waals surface area contributed by atoms with Crippen LogP contribution in [-0.4, -0.2) is 26.2 Å². The molecule has 4 nitrogen and oxygen atoms in total. The number of nitrogens with one attached hydrogen (secondary N) is 1. The molecular formula is C13H18FNO3. The van der Waals surface area contributed by atoms with Gasteiger partial charge in [-0.2, -0.15) is 0 Å². The molecule has 0 aliphatic heterocycles. The number of hydrogen-bond donors (Lipinski definition) is 1. The van der Waals surface area contributed by atoms with E-state index in [4.69, 9.17) is 4.74 Å². The minimum absolute atomic E-state index is 0.251. The molecule has 5 heteroatoms. The van der Waals surface area contributed by atoms with Crippen molar-refractivity contribution in [2.45, 2.75) is 19.9 Å². The average molecular weight is 255 g/mol. The normalized spacial score (nSPS) is 13.6. The molecule has 100 valence electrons. The van der Waals surface area contributed by atoms with Crippen LogP contribution in [0.4, 0.5) is 10.1 Å². The van der Waals surface area contributed by atoms with E-state index in [2.05, 4.69) is 10.1 Å². The highest BCUT2D eigenvalue weighted by Crippen LogP contribution is 2.23. The summed E-state index contributed by atoms with van der Waals surface area (Å²) in [6, 6.07) is 4.15. The summed E-state index contributed by atoms with van der Waals surface area (Å²) in [4.78, 5) is 11.4. The van der Waals surface area contributed by atoms with Crippen LogP contribution in [0.5, 0.6) is 5.75 Å². The summed E-state index contributed by atoms with van der Waals surface area (Å²) in [6.45, 7) is 3.52. The van der Waals surface area contributed by atoms with Crippen LogP contribution in [0.3, 0.4) is 0 Å². The molecule has 0 aromatic heterocycles. The summed E-state index contributed by atoms with van der Waals surface area (Å²) in [7, 11) is 2.84. The van der Waals surface area contributed by atoms with Crippen LogP contribution in [-0.2, 0) is 9.53 Å². The number of hydrogen-bond acceptors (Lipinski definition) is 4. The Morgan fingerprint density at radius 3 is 2.56 bits per heavy atom. The highest BCUT2D eigenvalue weighted by atomic mass is 19.1. The summed E-state index contributed by atoms with van der Waals surface area (Å²) >= 11 is 0. The predicted molar refractivity (Wildman–Crippen MR) is 67.2 cm³/mol.